The molecule has 2 aromatic carbocycles. The Kier molecular flexibility index (Phi) is 5.37. The third-order valence-electron chi connectivity index (χ3n) is 3.82. The number of anilines is 1. The van der Waals surface area contributed by atoms with Gasteiger partial charge >= 0.3 is 0 Å². The highest BCUT2D eigenvalue weighted by Crippen LogP contribution is 2.40. The average molecular weight is 376 g/mol. The molecule has 0 radical (unpaired) electrons. The van der Waals surface area contributed by atoms with Gasteiger partial charge in [0.1, 0.15) is 11.6 Å². The molecule has 0 fully saturated rings. The Morgan fingerprint density at radius 2 is 2.24 bits per heavy atom. The lowest BCUT2D eigenvalue weighted by atomic mass is 10.0. The van der Waals surface area contributed by atoms with Crippen molar-refractivity contribution in [2.45, 2.75) is 12.5 Å². The maximum atomic E-state index is 13.9. The van der Waals surface area contributed by atoms with Gasteiger partial charge in [-0.1, -0.05) is 17.7 Å². The van der Waals surface area contributed by atoms with E-state index in [2.05, 4.69) is 10.0 Å². The smallest absolute Gasteiger partial charge is 0.148 e. The van der Waals surface area contributed by atoms with E-state index in [9.17, 15) is 4.39 Å². The summed E-state index contributed by atoms with van der Waals surface area (Å²) < 4.78 is 22.3. The molecule has 7 heteroatoms. The van der Waals surface area contributed by atoms with Crippen molar-refractivity contribution in [1.29, 1.82) is 5.26 Å². The molecule has 1 atom stereocenters. The van der Waals surface area contributed by atoms with Crippen LogP contribution in [0.15, 0.2) is 47.5 Å². The van der Waals surface area contributed by atoms with Gasteiger partial charge < -0.3 is 14.8 Å². The van der Waals surface area contributed by atoms with Gasteiger partial charge in [0, 0.05) is 28.1 Å². The van der Waals surface area contributed by atoms with Crippen molar-refractivity contribution in [2.75, 3.05) is 11.8 Å². The van der Waals surface area contributed by atoms with Gasteiger partial charge in [-0.05, 0) is 42.3 Å². The number of benzene rings is 2. The quantitative estimate of drug-likeness (QED) is 0.720. The van der Waals surface area contributed by atoms with Crippen molar-refractivity contribution >= 4 is 29.2 Å². The first-order valence-corrected chi connectivity index (χ1v) is 8.72. The summed E-state index contributed by atoms with van der Waals surface area (Å²) in [5, 5.41) is 12.7. The Morgan fingerprint density at radius 1 is 1.40 bits per heavy atom. The standard InChI is InChI=1S/C18H15ClFN3OS/c1-24-17-4-2-3-13(19)18(17)16-8-12(10-22-16)25-23-15-6-5-11(9-21)7-14(15)20/h2-7,10,16,22-23H,8H2,1H3. The number of ether oxygens (including phenoxy) is 1. The molecule has 1 unspecified atom stereocenters. The first kappa shape index (κ1) is 17.5. The molecule has 0 bridgehead atoms. The van der Waals surface area contributed by atoms with Crippen LogP contribution in [-0.4, -0.2) is 7.11 Å². The van der Waals surface area contributed by atoms with Crippen LogP contribution in [0.2, 0.25) is 5.02 Å². The summed E-state index contributed by atoms with van der Waals surface area (Å²) in [5.74, 6) is 0.276. The summed E-state index contributed by atoms with van der Waals surface area (Å²) in [6, 6.07) is 11.8. The maximum Gasteiger partial charge on any atom is 0.148 e. The van der Waals surface area contributed by atoms with E-state index < -0.39 is 5.82 Å². The third kappa shape index (κ3) is 3.84. The zero-order valence-corrected chi connectivity index (χ0v) is 14.9. The second-order valence-corrected chi connectivity index (χ2v) is 6.74. The molecule has 2 aromatic rings. The fourth-order valence-corrected chi connectivity index (χ4v) is 3.67. The van der Waals surface area contributed by atoms with Gasteiger partial charge in [0.15, 0.2) is 0 Å². The topological polar surface area (TPSA) is 57.1 Å². The molecule has 3 rings (SSSR count). The van der Waals surface area contributed by atoms with Crippen LogP contribution in [0.5, 0.6) is 5.75 Å². The minimum atomic E-state index is -0.456. The number of hydrogen-bond donors (Lipinski definition) is 2. The summed E-state index contributed by atoms with van der Waals surface area (Å²) in [5.41, 5.74) is 1.53. The Labute approximate surface area is 154 Å². The molecule has 0 spiro atoms. The molecular formula is C18H15ClFN3OS. The Bertz CT molecular complexity index is 866. The Hall–Kier alpha value is -2.36. The zero-order valence-electron chi connectivity index (χ0n) is 13.3. The lowest BCUT2D eigenvalue weighted by Gasteiger charge is -2.17. The molecule has 1 aliphatic heterocycles. The van der Waals surface area contributed by atoms with Gasteiger partial charge in [-0.15, -0.1) is 0 Å². The molecule has 1 heterocycles. The molecule has 0 amide bonds. The molecule has 25 heavy (non-hydrogen) atoms. The predicted molar refractivity (Wildman–Crippen MR) is 98.9 cm³/mol. The molecule has 128 valence electrons. The molecule has 0 aliphatic carbocycles. The van der Waals surface area contributed by atoms with Crippen molar-refractivity contribution in [2.24, 2.45) is 0 Å². The van der Waals surface area contributed by atoms with E-state index in [4.69, 9.17) is 21.6 Å². The predicted octanol–water partition coefficient (Wildman–Crippen LogP) is 5.00. The monoisotopic (exact) mass is 375 g/mol. The van der Waals surface area contributed by atoms with Crippen LogP contribution in [0.4, 0.5) is 10.1 Å². The van der Waals surface area contributed by atoms with Crippen LogP contribution in [-0.2, 0) is 0 Å². The molecule has 0 aromatic heterocycles. The van der Waals surface area contributed by atoms with E-state index in [0.717, 1.165) is 16.2 Å². The molecule has 2 N–H and O–H groups in total. The molecule has 0 saturated heterocycles. The number of halogens is 2. The van der Waals surface area contributed by atoms with E-state index >= 15 is 0 Å². The van der Waals surface area contributed by atoms with E-state index in [1.165, 1.54) is 18.0 Å². The summed E-state index contributed by atoms with van der Waals surface area (Å²) in [6.45, 7) is 0. The summed E-state index contributed by atoms with van der Waals surface area (Å²) in [7, 11) is 1.61. The van der Waals surface area contributed by atoms with Crippen molar-refractivity contribution < 1.29 is 9.13 Å². The van der Waals surface area contributed by atoms with E-state index in [1.54, 1.807) is 19.2 Å². The van der Waals surface area contributed by atoms with Crippen molar-refractivity contribution in [3.05, 3.63) is 69.5 Å². The van der Waals surface area contributed by atoms with Crippen LogP contribution in [0.1, 0.15) is 23.6 Å². The number of methoxy groups -OCH3 is 1. The lowest BCUT2D eigenvalue weighted by Crippen LogP contribution is -2.11. The van der Waals surface area contributed by atoms with Gasteiger partial charge in [-0.3, -0.25) is 0 Å². The van der Waals surface area contributed by atoms with Crippen LogP contribution in [0, 0.1) is 17.1 Å². The Morgan fingerprint density at radius 3 is 2.96 bits per heavy atom. The van der Waals surface area contributed by atoms with Crippen LogP contribution in [0.3, 0.4) is 0 Å². The first-order chi connectivity index (χ1) is 12.1. The summed E-state index contributed by atoms with van der Waals surface area (Å²) in [4.78, 5) is 1.01. The highest BCUT2D eigenvalue weighted by atomic mass is 35.5. The fraction of sp³-hybridized carbons (Fsp3) is 0.167. The number of rotatable bonds is 5. The van der Waals surface area contributed by atoms with E-state index in [0.29, 0.717) is 22.7 Å². The number of nitrogens with one attached hydrogen (secondary N) is 2. The van der Waals surface area contributed by atoms with Crippen molar-refractivity contribution in [3.8, 4) is 11.8 Å². The van der Waals surface area contributed by atoms with Crippen molar-refractivity contribution in [3.63, 3.8) is 0 Å². The van der Waals surface area contributed by atoms with Gasteiger partial charge in [-0.25, -0.2) is 4.39 Å². The van der Waals surface area contributed by atoms with Crippen molar-refractivity contribution in [1.82, 2.24) is 5.32 Å². The van der Waals surface area contributed by atoms with E-state index in [-0.39, 0.29) is 6.04 Å². The van der Waals surface area contributed by atoms with Crippen LogP contribution >= 0.6 is 23.5 Å². The fourth-order valence-electron chi connectivity index (χ4n) is 2.59. The number of nitriles is 1. The highest BCUT2D eigenvalue weighted by molar-refractivity contribution is 8.04. The SMILES string of the molecule is COc1cccc(Cl)c1C1CC(SNc2ccc(C#N)cc2F)=CN1. The van der Waals surface area contributed by atoms with Gasteiger partial charge in [-0.2, -0.15) is 5.26 Å². The summed E-state index contributed by atoms with van der Waals surface area (Å²) in [6.07, 6.45) is 2.59. The molecular weight excluding hydrogens is 361 g/mol. The second kappa shape index (κ2) is 7.68. The minimum absolute atomic E-state index is 0.00115. The van der Waals surface area contributed by atoms with Crippen LogP contribution in [0.25, 0.3) is 0 Å². The maximum absolute atomic E-state index is 13.9. The first-order valence-electron chi connectivity index (χ1n) is 7.52. The van der Waals surface area contributed by atoms with E-state index in [1.807, 2.05) is 30.5 Å². The lowest BCUT2D eigenvalue weighted by molar-refractivity contribution is 0.404. The van der Waals surface area contributed by atoms with Gasteiger partial charge in [0.05, 0.1) is 30.5 Å². The normalized spacial score (nSPS) is 15.9. The largest absolute Gasteiger partial charge is 0.496 e. The third-order valence-corrected chi connectivity index (χ3v) is 5.02. The van der Waals surface area contributed by atoms with Gasteiger partial charge in [0.2, 0.25) is 0 Å². The second-order valence-electron chi connectivity index (χ2n) is 5.40. The Balaban J connectivity index is 1.65. The average Bonchev–Trinajstić information content (AvgIpc) is 3.08. The highest BCUT2D eigenvalue weighted by Gasteiger charge is 2.24. The number of nitrogens with zero attached hydrogens (tertiary/aromatic N) is 1. The molecule has 0 saturated carbocycles. The summed E-state index contributed by atoms with van der Waals surface area (Å²) >= 11 is 7.64. The minimum Gasteiger partial charge on any atom is -0.496 e. The molecule has 4 nitrogen and oxygen atoms in total. The number of hydrogen-bond acceptors (Lipinski definition) is 5. The van der Waals surface area contributed by atoms with Gasteiger partial charge in [0.25, 0.3) is 0 Å². The van der Waals surface area contributed by atoms with Crippen LogP contribution < -0.4 is 14.8 Å². The molecule has 1 aliphatic rings. The zero-order chi connectivity index (χ0) is 17.8.